The van der Waals surface area contributed by atoms with Crippen LogP contribution < -0.4 is 10.5 Å². The number of amides is 1. The van der Waals surface area contributed by atoms with Crippen molar-refractivity contribution < 1.29 is 39.5 Å². The van der Waals surface area contributed by atoms with Gasteiger partial charge in [-0.2, -0.15) is 0 Å². The third-order valence-electron chi connectivity index (χ3n) is 8.71. The fourth-order valence-electron chi connectivity index (χ4n) is 7.02. The van der Waals surface area contributed by atoms with Gasteiger partial charge in [0.2, 0.25) is 5.78 Å². The zero-order valence-corrected chi connectivity index (χ0v) is 21.5. The lowest BCUT2D eigenvalue weighted by molar-refractivity contribution is -0.153. The smallest absolute Gasteiger partial charge is 0.255 e. The van der Waals surface area contributed by atoms with Crippen molar-refractivity contribution in [1.29, 1.82) is 0 Å². The van der Waals surface area contributed by atoms with Crippen LogP contribution in [0.5, 0.6) is 11.5 Å². The molecule has 0 radical (unpaired) electrons. The number of benzene rings is 3. The first-order chi connectivity index (χ1) is 18.4. The number of nitrogens with two attached hydrogens (primary N) is 1. The zero-order chi connectivity index (χ0) is 28.1. The molecule has 1 amide bonds. The number of phenols is 1. The van der Waals surface area contributed by atoms with E-state index in [-0.39, 0.29) is 23.3 Å². The van der Waals surface area contributed by atoms with E-state index in [9.17, 15) is 34.8 Å². The van der Waals surface area contributed by atoms with Crippen molar-refractivity contribution in [3.05, 3.63) is 64.4 Å². The molecular formula is C30H27NO8. The zero-order valence-electron chi connectivity index (χ0n) is 21.5. The Bertz CT molecular complexity index is 1730. The lowest BCUT2D eigenvalue weighted by Gasteiger charge is -2.50. The molecule has 200 valence electrons. The molecule has 3 aromatic carbocycles. The minimum absolute atomic E-state index is 0.00595. The molecule has 0 bridgehead atoms. The number of aliphatic hydroxyl groups excluding tert-OH is 2. The highest BCUT2D eigenvalue weighted by Crippen LogP contribution is 2.58. The van der Waals surface area contributed by atoms with E-state index in [1.807, 2.05) is 18.2 Å². The summed E-state index contributed by atoms with van der Waals surface area (Å²) in [6.45, 7) is 3.46. The molecule has 0 saturated heterocycles. The molecule has 6 rings (SSSR count). The van der Waals surface area contributed by atoms with E-state index in [1.54, 1.807) is 33.1 Å². The minimum atomic E-state index is -2.66. The summed E-state index contributed by atoms with van der Waals surface area (Å²) in [5.41, 5.74) is 2.39. The molecule has 3 aliphatic carbocycles. The van der Waals surface area contributed by atoms with Crippen molar-refractivity contribution in [2.24, 2.45) is 23.5 Å². The summed E-state index contributed by atoms with van der Waals surface area (Å²) in [7, 11) is 1.55. The molecule has 0 aromatic heterocycles. The van der Waals surface area contributed by atoms with Crippen LogP contribution in [-0.4, -0.2) is 50.6 Å². The highest BCUT2D eigenvalue weighted by Gasteiger charge is 2.64. The summed E-state index contributed by atoms with van der Waals surface area (Å²) in [5, 5.41) is 48.1. The first-order valence-electron chi connectivity index (χ1n) is 12.7. The SMILES string of the molecule is COc1ccc2c(c1)cc1c3c(c(O)ccc32)C(O)=C2C(=O)[C@]3(O)C(O)=C(C(N)=O)C(=O)[C@@H](C(C)C)[C@@H]3C[C@@H]21. The van der Waals surface area contributed by atoms with E-state index in [1.165, 1.54) is 6.07 Å². The fraction of sp³-hybridized carbons (Fsp3) is 0.300. The summed E-state index contributed by atoms with van der Waals surface area (Å²) in [5.74, 6) is -7.56. The molecule has 0 heterocycles. The number of aliphatic hydroxyl groups is 3. The van der Waals surface area contributed by atoms with Crippen LogP contribution in [0.25, 0.3) is 27.3 Å². The molecule has 6 N–H and O–H groups in total. The Morgan fingerprint density at radius 1 is 1.08 bits per heavy atom. The summed E-state index contributed by atoms with van der Waals surface area (Å²) in [6, 6.07) is 10.5. The number of carbonyl (C=O) groups excluding carboxylic acids is 3. The van der Waals surface area contributed by atoms with Gasteiger partial charge in [-0.3, -0.25) is 14.4 Å². The van der Waals surface area contributed by atoms with Crippen molar-refractivity contribution in [1.82, 2.24) is 0 Å². The monoisotopic (exact) mass is 529 g/mol. The number of hydrogen-bond donors (Lipinski definition) is 5. The predicted octanol–water partition coefficient (Wildman–Crippen LogP) is 3.55. The van der Waals surface area contributed by atoms with Crippen LogP contribution in [0.3, 0.4) is 0 Å². The topological polar surface area (TPSA) is 167 Å². The highest BCUT2D eigenvalue weighted by atomic mass is 16.5. The number of hydrogen-bond acceptors (Lipinski definition) is 8. The molecule has 1 fully saturated rings. The standard InChI is InChI=1S/C30H27NO8/c1-11(2)20-18-10-17-16-9-12-8-13(39-3)4-5-14(12)15-6-7-19(32)23(21(15)16)26(34)22(17)27(35)30(18,38)28(36)24(25(20)33)29(31)37/h4-9,11,17-18,20,32,34,36,38H,10H2,1-3H3,(H2,31,37)/t17-,18+,20+,30+/m1/s1. The van der Waals surface area contributed by atoms with Crippen LogP contribution in [0.15, 0.2) is 53.3 Å². The van der Waals surface area contributed by atoms with Crippen LogP contribution in [0.1, 0.15) is 37.3 Å². The van der Waals surface area contributed by atoms with E-state index in [0.717, 1.165) is 16.2 Å². The average molecular weight is 530 g/mol. The highest BCUT2D eigenvalue weighted by molar-refractivity contribution is 6.25. The number of rotatable bonds is 3. The van der Waals surface area contributed by atoms with Gasteiger partial charge >= 0.3 is 0 Å². The first-order valence-corrected chi connectivity index (χ1v) is 12.7. The maximum absolute atomic E-state index is 14.2. The first kappa shape index (κ1) is 24.9. The van der Waals surface area contributed by atoms with Gasteiger partial charge in [0.1, 0.15) is 28.6 Å². The lowest BCUT2D eigenvalue weighted by Crippen LogP contribution is -2.61. The number of carbonyl (C=O) groups is 3. The Morgan fingerprint density at radius 3 is 2.41 bits per heavy atom. The molecule has 0 unspecified atom stereocenters. The molecule has 1 saturated carbocycles. The van der Waals surface area contributed by atoms with E-state index in [0.29, 0.717) is 16.7 Å². The maximum Gasteiger partial charge on any atom is 0.255 e. The minimum Gasteiger partial charge on any atom is -0.508 e. The fourth-order valence-corrected chi connectivity index (χ4v) is 7.02. The second kappa shape index (κ2) is 8.07. The van der Waals surface area contributed by atoms with E-state index in [2.05, 4.69) is 0 Å². The largest absolute Gasteiger partial charge is 0.508 e. The third-order valence-corrected chi connectivity index (χ3v) is 8.71. The number of ketones is 2. The van der Waals surface area contributed by atoms with Gasteiger partial charge in [-0.25, -0.2) is 0 Å². The van der Waals surface area contributed by atoms with Crippen LogP contribution in [0.2, 0.25) is 0 Å². The van der Waals surface area contributed by atoms with Gasteiger partial charge < -0.3 is 30.9 Å². The van der Waals surface area contributed by atoms with Crippen molar-refractivity contribution >= 4 is 44.8 Å². The molecule has 0 aliphatic heterocycles. The van der Waals surface area contributed by atoms with Gasteiger partial charge in [0.25, 0.3) is 5.91 Å². The van der Waals surface area contributed by atoms with E-state index >= 15 is 0 Å². The Balaban J connectivity index is 1.70. The van der Waals surface area contributed by atoms with Crippen LogP contribution in [0, 0.1) is 17.8 Å². The number of fused-ring (bicyclic) bond motifs is 5. The van der Waals surface area contributed by atoms with E-state index < -0.39 is 63.8 Å². The quantitative estimate of drug-likeness (QED) is 0.254. The number of primary amides is 1. The predicted molar refractivity (Wildman–Crippen MR) is 142 cm³/mol. The Kier molecular flexibility index (Phi) is 5.16. The molecule has 9 nitrogen and oxygen atoms in total. The van der Waals surface area contributed by atoms with Crippen molar-refractivity contribution in [3.8, 4) is 11.5 Å². The van der Waals surface area contributed by atoms with Crippen LogP contribution >= 0.6 is 0 Å². The van der Waals surface area contributed by atoms with Gasteiger partial charge in [0.15, 0.2) is 11.4 Å². The van der Waals surface area contributed by atoms with Crippen LogP contribution in [-0.2, 0) is 14.4 Å². The normalized spacial score (nSPS) is 26.3. The number of phenolic OH excluding ortho intramolecular Hbond substituents is 1. The molecule has 3 aromatic rings. The second-order valence-corrected chi connectivity index (χ2v) is 10.9. The molecule has 39 heavy (non-hydrogen) atoms. The van der Waals surface area contributed by atoms with E-state index in [4.69, 9.17) is 10.5 Å². The number of ether oxygens (including phenoxy) is 1. The Hall–Kier alpha value is -4.37. The molecule has 4 atom stereocenters. The van der Waals surface area contributed by atoms with Crippen molar-refractivity contribution in [2.45, 2.75) is 31.8 Å². The summed E-state index contributed by atoms with van der Waals surface area (Å²) in [4.78, 5) is 39.7. The van der Waals surface area contributed by atoms with Crippen molar-refractivity contribution in [2.75, 3.05) is 7.11 Å². The molecule has 3 aliphatic rings. The maximum atomic E-state index is 14.2. The summed E-state index contributed by atoms with van der Waals surface area (Å²) < 4.78 is 5.40. The van der Waals surface area contributed by atoms with Gasteiger partial charge in [-0.05, 0) is 58.3 Å². The van der Waals surface area contributed by atoms with Crippen LogP contribution in [0.4, 0.5) is 0 Å². The lowest BCUT2D eigenvalue weighted by atomic mass is 9.54. The summed E-state index contributed by atoms with van der Waals surface area (Å²) >= 11 is 0. The van der Waals surface area contributed by atoms with Crippen molar-refractivity contribution in [3.63, 3.8) is 0 Å². The van der Waals surface area contributed by atoms with Gasteiger partial charge in [-0.15, -0.1) is 0 Å². The average Bonchev–Trinajstić information content (AvgIpc) is 2.88. The molecular weight excluding hydrogens is 502 g/mol. The second-order valence-electron chi connectivity index (χ2n) is 10.9. The van der Waals surface area contributed by atoms with Gasteiger partial charge in [0.05, 0.1) is 12.7 Å². The molecule has 9 heteroatoms. The Labute approximate surface area is 222 Å². The molecule has 0 spiro atoms. The number of methoxy groups -OCH3 is 1. The Morgan fingerprint density at radius 2 is 1.77 bits per heavy atom. The van der Waals surface area contributed by atoms with Gasteiger partial charge in [-0.1, -0.05) is 26.0 Å². The van der Waals surface area contributed by atoms with Gasteiger partial charge in [0, 0.05) is 28.7 Å². The summed E-state index contributed by atoms with van der Waals surface area (Å²) in [6.07, 6.45) is 0.00595. The third kappa shape index (κ3) is 3.02. The number of aromatic hydroxyl groups is 1. The number of Topliss-reactive ketones (excluding diaryl/α,β-unsaturated/α-hetero) is 2.